The van der Waals surface area contributed by atoms with Gasteiger partial charge in [0, 0.05) is 25.8 Å². The normalized spacial score (nSPS) is 18.9. The number of ether oxygens (including phenoxy) is 1. The molecule has 110 valence electrons. The summed E-state index contributed by atoms with van der Waals surface area (Å²) in [6, 6.07) is 7.06. The van der Waals surface area contributed by atoms with Crippen molar-refractivity contribution < 1.29 is 22.7 Å². The summed E-state index contributed by atoms with van der Waals surface area (Å²) >= 11 is 0. The van der Waals surface area contributed by atoms with E-state index in [2.05, 4.69) is 0 Å². The van der Waals surface area contributed by atoms with Crippen LogP contribution in [0, 0.1) is 0 Å². The Kier molecular flexibility index (Phi) is 4.04. The molecule has 0 bridgehead atoms. The molecule has 0 saturated carbocycles. The van der Waals surface area contributed by atoms with E-state index in [0.29, 0.717) is 13.1 Å². The lowest BCUT2D eigenvalue weighted by Gasteiger charge is -2.36. The minimum Gasteiger partial charge on any atom is -0.356 e. The zero-order valence-electron chi connectivity index (χ0n) is 11.1. The van der Waals surface area contributed by atoms with E-state index < -0.39 is 17.7 Å². The Morgan fingerprint density at radius 1 is 1.15 bits per heavy atom. The van der Waals surface area contributed by atoms with E-state index in [9.17, 15) is 18.0 Å². The van der Waals surface area contributed by atoms with E-state index in [1.807, 2.05) is 0 Å². The summed E-state index contributed by atoms with van der Waals surface area (Å²) < 4.78 is 45.5. The number of hydrogen-bond donors (Lipinski definition) is 0. The van der Waals surface area contributed by atoms with Crippen molar-refractivity contribution in [1.29, 1.82) is 0 Å². The molecule has 1 amide bonds. The lowest BCUT2D eigenvalue weighted by molar-refractivity contribution is -0.270. The summed E-state index contributed by atoms with van der Waals surface area (Å²) in [5.41, 5.74) is -3.11. The second-order valence-corrected chi connectivity index (χ2v) is 4.75. The molecule has 1 saturated heterocycles. The molecular weight excluding hydrogens is 271 g/mol. The standard InChI is InChI=1S/C14H16F3NO2/c1-20-13(14(15,16)17,11-7-3-2-4-8-11)12(19)18-9-5-6-10-18/h2-4,7-8H,5-6,9-10H2,1H3/t13-/m1/s1. The van der Waals surface area contributed by atoms with Gasteiger partial charge in [0.2, 0.25) is 0 Å². The Balaban J connectivity index is 2.51. The van der Waals surface area contributed by atoms with E-state index in [0.717, 1.165) is 20.0 Å². The molecule has 0 radical (unpaired) electrons. The van der Waals surface area contributed by atoms with Crippen LogP contribution in [0.15, 0.2) is 30.3 Å². The highest BCUT2D eigenvalue weighted by Crippen LogP contribution is 2.43. The van der Waals surface area contributed by atoms with Gasteiger partial charge in [0.25, 0.3) is 11.5 Å². The maximum Gasteiger partial charge on any atom is 0.430 e. The van der Waals surface area contributed by atoms with Crippen LogP contribution < -0.4 is 0 Å². The molecule has 1 aliphatic rings. The molecule has 0 aromatic heterocycles. The van der Waals surface area contributed by atoms with Crippen molar-refractivity contribution in [3.8, 4) is 0 Å². The monoisotopic (exact) mass is 287 g/mol. The van der Waals surface area contributed by atoms with E-state index in [-0.39, 0.29) is 5.56 Å². The second kappa shape index (κ2) is 5.44. The third kappa shape index (κ3) is 2.28. The van der Waals surface area contributed by atoms with Crippen LogP contribution in [0.5, 0.6) is 0 Å². The largest absolute Gasteiger partial charge is 0.430 e. The minimum absolute atomic E-state index is 0.188. The zero-order valence-corrected chi connectivity index (χ0v) is 11.1. The van der Waals surface area contributed by atoms with Crippen LogP contribution in [0.3, 0.4) is 0 Å². The first-order valence-corrected chi connectivity index (χ1v) is 6.40. The number of carbonyl (C=O) groups excluding carboxylic acids is 1. The van der Waals surface area contributed by atoms with Crippen LogP contribution in [0.25, 0.3) is 0 Å². The number of hydrogen-bond acceptors (Lipinski definition) is 2. The SMILES string of the molecule is CO[C@@](C(=O)N1CCCC1)(c1ccccc1)C(F)(F)F. The number of amides is 1. The molecule has 3 nitrogen and oxygen atoms in total. The van der Waals surface area contributed by atoms with Gasteiger partial charge in [-0.25, -0.2) is 0 Å². The van der Waals surface area contributed by atoms with E-state index in [1.165, 1.54) is 29.2 Å². The fourth-order valence-electron chi connectivity index (χ4n) is 2.55. The van der Waals surface area contributed by atoms with Crippen LogP contribution in [0.2, 0.25) is 0 Å². The molecule has 2 rings (SSSR count). The molecule has 1 aromatic rings. The van der Waals surface area contributed by atoms with Gasteiger partial charge in [0.05, 0.1) is 0 Å². The van der Waals surface area contributed by atoms with Gasteiger partial charge in [-0.1, -0.05) is 30.3 Å². The molecule has 1 fully saturated rings. The van der Waals surface area contributed by atoms with Gasteiger partial charge in [-0.3, -0.25) is 4.79 Å². The number of rotatable bonds is 3. The van der Waals surface area contributed by atoms with Crippen LogP contribution in [-0.2, 0) is 15.1 Å². The Bertz CT molecular complexity index is 469. The summed E-state index contributed by atoms with van der Waals surface area (Å²) in [5.74, 6) is -1.03. The molecule has 20 heavy (non-hydrogen) atoms. The lowest BCUT2D eigenvalue weighted by Crippen LogP contribution is -2.56. The van der Waals surface area contributed by atoms with Crippen molar-refractivity contribution in [3.63, 3.8) is 0 Å². The number of alkyl halides is 3. The second-order valence-electron chi connectivity index (χ2n) is 4.75. The van der Waals surface area contributed by atoms with Gasteiger partial charge in [0.1, 0.15) is 0 Å². The molecule has 1 heterocycles. The maximum atomic E-state index is 13.6. The molecule has 6 heteroatoms. The van der Waals surface area contributed by atoms with Crippen molar-refractivity contribution in [1.82, 2.24) is 4.90 Å². The van der Waals surface area contributed by atoms with E-state index >= 15 is 0 Å². The molecule has 0 unspecified atom stereocenters. The van der Waals surface area contributed by atoms with Crippen molar-refractivity contribution in [2.75, 3.05) is 20.2 Å². The van der Waals surface area contributed by atoms with Crippen LogP contribution >= 0.6 is 0 Å². The fourth-order valence-corrected chi connectivity index (χ4v) is 2.55. The predicted octanol–water partition coefficient (Wildman–Crippen LogP) is 2.71. The average Bonchev–Trinajstić information content (AvgIpc) is 2.93. The van der Waals surface area contributed by atoms with Crippen LogP contribution in [0.1, 0.15) is 18.4 Å². The summed E-state index contributed by atoms with van der Waals surface area (Å²) in [6.45, 7) is 0.680. The number of likely N-dealkylation sites (tertiary alicyclic amines) is 1. The van der Waals surface area contributed by atoms with Gasteiger partial charge >= 0.3 is 6.18 Å². The Labute approximate surface area is 115 Å². The number of benzene rings is 1. The molecule has 1 aliphatic heterocycles. The Hall–Kier alpha value is -1.56. The molecule has 1 atom stereocenters. The van der Waals surface area contributed by atoms with Crippen molar-refractivity contribution >= 4 is 5.91 Å². The van der Waals surface area contributed by atoms with E-state index in [1.54, 1.807) is 6.07 Å². The quantitative estimate of drug-likeness (QED) is 0.855. The van der Waals surface area contributed by atoms with Gasteiger partial charge in [-0.05, 0) is 12.8 Å². The Morgan fingerprint density at radius 2 is 1.70 bits per heavy atom. The molecular formula is C14H16F3NO2. The van der Waals surface area contributed by atoms with Crippen molar-refractivity contribution in [2.24, 2.45) is 0 Å². The topological polar surface area (TPSA) is 29.5 Å². The van der Waals surface area contributed by atoms with Gasteiger partial charge in [-0.2, -0.15) is 13.2 Å². The van der Waals surface area contributed by atoms with Crippen molar-refractivity contribution in [3.05, 3.63) is 35.9 Å². The lowest BCUT2D eigenvalue weighted by atomic mass is 9.91. The first-order valence-electron chi connectivity index (χ1n) is 6.40. The van der Waals surface area contributed by atoms with Gasteiger partial charge < -0.3 is 9.64 Å². The number of halogens is 3. The maximum absolute atomic E-state index is 13.6. The van der Waals surface area contributed by atoms with Gasteiger partial charge in [0.15, 0.2) is 0 Å². The number of nitrogens with zero attached hydrogens (tertiary/aromatic N) is 1. The van der Waals surface area contributed by atoms with Crippen LogP contribution in [-0.4, -0.2) is 37.2 Å². The van der Waals surface area contributed by atoms with E-state index in [4.69, 9.17) is 4.74 Å². The number of carbonyl (C=O) groups is 1. The first kappa shape index (κ1) is 14.8. The first-order chi connectivity index (χ1) is 9.43. The average molecular weight is 287 g/mol. The van der Waals surface area contributed by atoms with Crippen LogP contribution in [0.4, 0.5) is 13.2 Å². The third-order valence-electron chi connectivity index (χ3n) is 3.58. The number of methoxy groups -OCH3 is 1. The highest BCUT2D eigenvalue weighted by molar-refractivity contribution is 5.88. The Morgan fingerprint density at radius 3 is 2.15 bits per heavy atom. The van der Waals surface area contributed by atoms with Gasteiger partial charge in [-0.15, -0.1) is 0 Å². The summed E-state index contributed by atoms with van der Waals surface area (Å²) in [5, 5.41) is 0. The summed E-state index contributed by atoms with van der Waals surface area (Å²) in [4.78, 5) is 13.7. The fraction of sp³-hybridized carbons (Fsp3) is 0.500. The molecule has 0 aliphatic carbocycles. The summed E-state index contributed by atoms with van der Waals surface area (Å²) in [6.07, 6.45) is -3.38. The minimum atomic E-state index is -4.82. The molecule has 1 aromatic carbocycles. The summed E-state index contributed by atoms with van der Waals surface area (Å²) in [7, 11) is 0.925. The predicted molar refractivity (Wildman–Crippen MR) is 67.0 cm³/mol. The van der Waals surface area contributed by atoms with Crippen molar-refractivity contribution in [2.45, 2.75) is 24.6 Å². The smallest absolute Gasteiger partial charge is 0.356 e. The molecule has 0 N–H and O–H groups in total. The zero-order chi connectivity index (χ0) is 14.8. The highest BCUT2D eigenvalue weighted by Gasteiger charge is 2.63. The molecule has 0 spiro atoms. The highest BCUT2D eigenvalue weighted by atomic mass is 19.4. The third-order valence-corrected chi connectivity index (χ3v) is 3.58.